The number of ether oxygens (including phenoxy) is 1. The van der Waals surface area contributed by atoms with Gasteiger partial charge in [0.15, 0.2) is 0 Å². The highest BCUT2D eigenvalue weighted by molar-refractivity contribution is 5.84. The molecule has 0 aliphatic carbocycles. The normalized spacial score (nSPS) is 10.4. The van der Waals surface area contributed by atoms with Gasteiger partial charge < -0.3 is 10.1 Å². The molecule has 88 valence electrons. The number of aromatic nitrogens is 1. The Morgan fingerprint density at radius 1 is 1.29 bits per heavy atom. The van der Waals surface area contributed by atoms with Crippen LogP contribution in [0.25, 0.3) is 10.9 Å². The van der Waals surface area contributed by atoms with Gasteiger partial charge in [-0.2, -0.15) is 0 Å². The second-order valence-corrected chi connectivity index (χ2v) is 3.67. The van der Waals surface area contributed by atoms with Crippen molar-refractivity contribution in [1.82, 2.24) is 10.3 Å². The zero-order chi connectivity index (χ0) is 11.9. The summed E-state index contributed by atoms with van der Waals surface area (Å²) in [6.45, 7) is 5.88. The van der Waals surface area contributed by atoms with E-state index >= 15 is 0 Å². The van der Waals surface area contributed by atoms with Crippen LogP contribution in [0.1, 0.15) is 0 Å². The van der Waals surface area contributed by atoms with E-state index in [-0.39, 0.29) is 0 Å². The first-order chi connectivity index (χ1) is 8.42. The van der Waals surface area contributed by atoms with E-state index in [1.54, 1.807) is 6.20 Å². The molecular weight excluding hydrogens is 212 g/mol. The molecule has 0 bridgehead atoms. The second-order valence-electron chi connectivity index (χ2n) is 3.67. The molecule has 2 aromatic rings. The van der Waals surface area contributed by atoms with Gasteiger partial charge in [-0.3, -0.25) is 4.98 Å². The Labute approximate surface area is 101 Å². The molecule has 0 saturated carbocycles. The van der Waals surface area contributed by atoms with Crippen LogP contribution in [0.15, 0.2) is 49.2 Å². The number of benzene rings is 1. The molecule has 1 N–H and O–H groups in total. The first kappa shape index (κ1) is 11.6. The second kappa shape index (κ2) is 6.01. The molecule has 0 fully saturated rings. The lowest BCUT2D eigenvalue weighted by atomic mass is 10.2. The van der Waals surface area contributed by atoms with Gasteiger partial charge in [0.25, 0.3) is 0 Å². The molecule has 0 aliphatic heterocycles. The van der Waals surface area contributed by atoms with Crippen molar-refractivity contribution in [1.29, 1.82) is 0 Å². The minimum atomic E-state index is 0.628. The van der Waals surface area contributed by atoms with Crippen molar-refractivity contribution in [2.75, 3.05) is 19.7 Å². The molecule has 0 radical (unpaired) electrons. The molecule has 2 rings (SSSR count). The van der Waals surface area contributed by atoms with Crippen molar-refractivity contribution in [3.63, 3.8) is 0 Å². The fraction of sp³-hybridized carbons (Fsp3) is 0.214. The molecule has 3 heteroatoms. The number of nitrogens with one attached hydrogen (secondary N) is 1. The summed E-state index contributed by atoms with van der Waals surface area (Å²) >= 11 is 0. The summed E-state index contributed by atoms with van der Waals surface area (Å²) in [7, 11) is 0. The highest BCUT2D eigenvalue weighted by Crippen LogP contribution is 2.22. The molecule has 0 unspecified atom stereocenters. The summed E-state index contributed by atoms with van der Waals surface area (Å²) < 4.78 is 5.71. The van der Waals surface area contributed by atoms with Crippen LogP contribution >= 0.6 is 0 Å². The van der Waals surface area contributed by atoms with Crippen LogP contribution in [0.3, 0.4) is 0 Å². The standard InChI is InChI=1S/C14H16N2O/c1-2-8-15-10-11-17-13-7-3-5-12-6-4-9-16-14(12)13/h2-7,9,15H,1,8,10-11H2. The minimum Gasteiger partial charge on any atom is -0.490 e. The van der Waals surface area contributed by atoms with Gasteiger partial charge in [0, 0.05) is 24.7 Å². The van der Waals surface area contributed by atoms with Crippen LogP contribution in [-0.2, 0) is 0 Å². The Hall–Kier alpha value is -1.87. The quantitative estimate of drug-likeness (QED) is 0.609. The molecule has 17 heavy (non-hydrogen) atoms. The summed E-state index contributed by atoms with van der Waals surface area (Å²) in [6.07, 6.45) is 3.62. The lowest BCUT2D eigenvalue weighted by Gasteiger charge is -2.08. The fourth-order valence-corrected chi connectivity index (χ4v) is 1.63. The molecule has 0 aliphatic rings. The van der Waals surface area contributed by atoms with Crippen LogP contribution in [0, 0.1) is 0 Å². The highest BCUT2D eigenvalue weighted by atomic mass is 16.5. The summed E-state index contributed by atoms with van der Waals surface area (Å²) in [5, 5.41) is 4.29. The number of pyridine rings is 1. The lowest BCUT2D eigenvalue weighted by Crippen LogP contribution is -2.20. The van der Waals surface area contributed by atoms with E-state index in [4.69, 9.17) is 4.74 Å². The maximum absolute atomic E-state index is 5.71. The highest BCUT2D eigenvalue weighted by Gasteiger charge is 2.01. The van der Waals surface area contributed by atoms with Crippen LogP contribution in [0.5, 0.6) is 5.75 Å². The molecule has 0 amide bonds. The number of hydrogen-bond acceptors (Lipinski definition) is 3. The average Bonchev–Trinajstić information content (AvgIpc) is 2.39. The number of hydrogen-bond donors (Lipinski definition) is 1. The van der Waals surface area contributed by atoms with Gasteiger partial charge in [-0.25, -0.2) is 0 Å². The van der Waals surface area contributed by atoms with Gasteiger partial charge in [-0.15, -0.1) is 6.58 Å². The van der Waals surface area contributed by atoms with Crippen molar-refractivity contribution < 1.29 is 4.74 Å². The number of rotatable bonds is 6. The van der Waals surface area contributed by atoms with Crippen molar-refractivity contribution in [2.45, 2.75) is 0 Å². The first-order valence-corrected chi connectivity index (χ1v) is 5.70. The Morgan fingerprint density at radius 2 is 2.18 bits per heavy atom. The monoisotopic (exact) mass is 228 g/mol. The third-order valence-corrected chi connectivity index (χ3v) is 2.42. The number of nitrogens with zero attached hydrogens (tertiary/aromatic N) is 1. The predicted octanol–water partition coefficient (Wildman–Crippen LogP) is 2.39. The summed E-state index contributed by atoms with van der Waals surface area (Å²) in [5.41, 5.74) is 0.915. The molecule has 0 saturated heterocycles. The predicted molar refractivity (Wildman–Crippen MR) is 70.3 cm³/mol. The van der Waals surface area contributed by atoms with Crippen molar-refractivity contribution in [3.8, 4) is 5.75 Å². The Morgan fingerprint density at radius 3 is 3.06 bits per heavy atom. The molecule has 1 aromatic heterocycles. The van der Waals surface area contributed by atoms with E-state index in [0.717, 1.165) is 29.7 Å². The van der Waals surface area contributed by atoms with E-state index in [1.807, 2.05) is 36.4 Å². The topological polar surface area (TPSA) is 34.1 Å². The number of para-hydroxylation sites is 1. The lowest BCUT2D eigenvalue weighted by molar-refractivity contribution is 0.319. The SMILES string of the molecule is C=CCNCCOc1cccc2cccnc12. The molecule has 0 spiro atoms. The Balaban J connectivity index is 2.01. The van der Waals surface area contributed by atoms with Crippen LogP contribution in [0.2, 0.25) is 0 Å². The van der Waals surface area contributed by atoms with E-state index < -0.39 is 0 Å². The van der Waals surface area contributed by atoms with Crippen molar-refractivity contribution in [2.24, 2.45) is 0 Å². The van der Waals surface area contributed by atoms with Crippen molar-refractivity contribution >= 4 is 10.9 Å². The smallest absolute Gasteiger partial charge is 0.145 e. The van der Waals surface area contributed by atoms with E-state index in [1.165, 1.54) is 0 Å². The molecule has 0 atom stereocenters. The maximum atomic E-state index is 5.71. The van der Waals surface area contributed by atoms with Crippen molar-refractivity contribution in [3.05, 3.63) is 49.2 Å². The molecular formula is C14H16N2O. The zero-order valence-corrected chi connectivity index (χ0v) is 9.73. The molecule has 1 heterocycles. The summed E-state index contributed by atoms with van der Waals surface area (Å²) in [6, 6.07) is 9.92. The van der Waals surface area contributed by atoms with E-state index in [2.05, 4.69) is 16.9 Å². The Kier molecular flexibility index (Phi) is 4.11. The van der Waals surface area contributed by atoms with E-state index in [9.17, 15) is 0 Å². The third-order valence-electron chi connectivity index (χ3n) is 2.42. The van der Waals surface area contributed by atoms with Gasteiger partial charge in [-0.1, -0.05) is 24.3 Å². The van der Waals surface area contributed by atoms with Gasteiger partial charge in [-0.05, 0) is 12.1 Å². The maximum Gasteiger partial charge on any atom is 0.145 e. The van der Waals surface area contributed by atoms with Gasteiger partial charge in [0.2, 0.25) is 0 Å². The van der Waals surface area contributed by atoms with Crippen LogP contribution < -0.4 is 10.1 Å². The summed E-state index contributed by atoms with van der Waals surface area (Å²) in [5.74, 6) is 0.837. The zero-order valence-electron chi connectivity index (χ0n) is 9.73. The average molecular weight is 228 g/mol. The number of fused-ring (bicyclic) bond motifs is 1. The van der Waals surface area contributed by atoms with Crippen LogP contribution in [-0.4, -0.2) is 24.7 Å². The van der Waals surface area contributed by atoms with Gasteiger partial charge in [0.05, 0.1) is 0 Å². The van der Waals surface area contributed by atoms with Crippen LogP contribution in [0.4, 0.5) is 0 Å². The Bertz CT molecular complexity index is 491. The minimum absolute atomic E-state index is 0.628. The molecule has 1 aromatic carbocycles. The summed E-state index contributed by atoms with van der Waals surface area (Å²) in [4.78, 5) is 4.33. The largest absolute Gasteiger partial charge is 0.490 e. The molecule has 3 nitrogen and oxygen atoms in total. The fourth-order valence-electron chi connectivity index (χ4n) is 1.63. The van der Waals surface area contributed by atoms with E-state index in [0.29, 0.717) is 6.61 Å². The van der Waals surface area contributed by atoms with Gasteiger partial charge >= 0.3 is 0 Å². The van der Waals surface area contributed by atoms with Gasteiger partial charge in [0.1, 0.15) is 17.9 Å². The third kappa shape index (κ3) is 3.04. The first-order valence-electron chi connectivity index (χ1n) is 5.70.